The number of aromatic hydroxyl groups is 1. The average molecular weight is 978 g/mol. The van der Waals surface area contributed by atoms with Crippen molar-refractivity contribution in [1.29, 1.82) is 0 Å². The van der Waals surface area contributed by atoms with E-state index in [9.17, 15) is 24.6 Å². The van der Waals surface area contributed by atoms with Crippen molar-refractivity contribution in [2.75, 3.05) is 64.4 Å². The minimum atomic E-state index is -0.894. The Balaban J connectivity index is 0.725. The van der Waals surface area contributed by atoms with Crippen LogP contribution in [-0.4, -0.2) is 157 Å². The number of rotatable bonds is 12. The van der Waals surface area contributed by atoms with Crippen molar-refractivity contribution >= 4 is 34.8 Å². The first-order valence-corrected chi connectivity index (χ1v) is 25.5. The Morgan fingerprint density at radius 2 is 1.75 bits per heavy atom. The second-order valence-electron chi connectivity index (χ2n) is 21.9. The molecule has 10 rings (SSSR count). The van der Waals surface area contributed by atoms with E-state index in [2.05, 4.69) is 43.1 Å². The van der Waals surface area contributed by atoms with Crippen molar-refractivity contribution in [1.82, 2.24) is 50.1 Å². The zero-order valence-electron chi connectivity index (χ0n) is 42.1. The molecule has 17 nitrogen and oxygen atoms in total. The smallest absolute Gasteiger partial charge is 0.320 e. The molecule has 4 fully saturated rings. The maximum absolute atomic E-state index is 14.7. The normalized spacial score (nSPS) is 21.7. The summed E-state index contributed by atoms with van der Waals surface area (Å²) in [5, 5.41) is 34.1. The van der Waals surface area contributed by atoms with Crippen molar-refractivity contribution in [2.24, 2.45) is 10.8 Å². The first kappa shape index (κ1) is 49.0. The number of carbonyl (C=O) groups is 3. The summed E-state index contributed by atoms with van der Waals surface area (Å²) in [4.78, 5) is 66.1. The molecule has 1 aliphatic carbocycles. The van der Waals surface area contributed by atoms with Gasteiger partial charge in [0.2, 0.25) is 17.8 Å². The molecular formula is C55H67N11O6. The second kappa shape index (κ2) is 19.8. The Morgan fingerprint density at radius 1 is 1.03 bits per heavy atom. The quantitative estimate of drug-likeness (QED) is 0.113. The summed E-state index contributed by atoms with van der Waals surface area (Å²) in [6.45, 7) is 12.7. The standard InChI is InChI=1S/C55H67N11O6/c1-7-35-12-14-36(15-13-35)28-56-50(69)45-24-40(67)31-66(45)51(70)48(54(3,4)5)65(22-23-72-6)53(71)63-32-55(33-63)26-39(27-55)62-19-16-37(17-20-62)38-29-57-52(58-30-38)64-21-18-43-47(34(64)2)42-25-44(60-61-49(42)59-43)41-10-8-9-11-46(41)68/h1,8-15,25,29-30,34,37,39-40,45,48,67-68H,16-24,26-28,31-33H2,2-6H3,(H,56,69)(H,59,61)/t34-,40-,45+,48-/m1/s1. The van der Waals surface area contributed by atoms with Gasteiger partial charge in [-0.25, -0.2) is 14.8 Å². The molecule has 5 aromatic rings. The number of likely N-dealkylation sites (tertiary alicyclic amines) is 3. The summed E-state index contributed by atoms with van der Waals surface area (Å²) in [7, 11) is 1.58. The van der Waals surface area contributed by atoms with Crippen molar-refractivity contribution in [3.8, 4) is 29.4 Å². The maximum atomic E-state index is 14.7. The number of carbonyl (C=O) groups excluding carboxylic acids is 3. The Morgan fingerprint density at radius 3 is 2.43 bits per heavy atom. The highest BCUT2D eigenvalue weighted by atomic mass is 16.5. The number of fused-ring (bicyclic) bond motifs is 3. The number of nitrogens with zero attached hydrogens (tertiary/aromatic N) is 9. The fraction of sp³-hybridized carbons (Fsp3) is 0.509. The van der Waals surface area contributed by atoms with Crippen LogP contribution in [0, 0.1) is 23.2 Å². The lowest BCUT2D eigenvalue weighted by Crippen LogP contribution is -2.71. The van der Waals surface area contributed by atoms with Gasteiger partial charge in [-0.2, -0.15) is 0 Å². The number of urea groups is 1. The van der Waals surface area contributed by atoms with Crippen LogP contribution in [-0.2, 0) is 27.3 Å². The van der Waals surface area contributed by atoms with E-state index in [0.717, 1.165) is 85.2 Å². The van der Waals surface area contributed by atoms with Gasteiger partial charge in [0, 0.05) is 111 Å². The van der Waals surface area contributed by atoms with E-state index in [1.807, 2.05) is 80.5 Å². The predicted octanol–water partition coefficient (Wildman–Crippen LogP) is 5.63. The number of hydrogen-bond acceptors (Lipinski definition) is 12. The molecule has 3 saturated heterocycles. The number of para-hydroxylation sites is 1. The van der Waals surface area contributed by atoms with Crippen LogP contribution in [0.25, 0.3) is 22.3 Å². The molecule has 4 amide bonds. The van der Waals surface area contributed by atoms with Gasteiger partial charge >= 0.3 is 6.03 Å². The van der Waals surface area contributed by atoms with Gasteiger partial charge in [-0.15, -0.1) is 16.6 Å². The fourth-order valence-corrected chi connectivity index (χ4v) is 12.2. The van der Waals surface area contributed by atoms with Gasteiger partial charge in [0.05, 0.1) is 24.4 Å². The van der Waals surface area contributed by atoms with Gasteiger partial charge in [-0.3, -0.25) is 9.59 Å². The monoisotopic (exact) mass is 978 g/mol. The summed E-state index contributed by atoms with van der Waals surface area (Å²) in [5.41, 5.74) is 6.46. The molecular weight excluding hydrogens is 911 g/mol. The summed E-state index contributed by atoms with van der Waals surface area (Å²) < 4.78 is 5.47. The third kappa shape index (κ3) is 9.47. The lowest BCUT2D eigenvalue weighted by molar-refractivity contribution is -0.146. The van der Waals surface area contributed by atoms with Crippen LogP contribution in [0.1, 0.15) is 99.7 Å². The minimum absolute atomic E-state index is 0.00466. The molecule has 0 unspecified atom stereocenters. The molecule has 0 bridgehead atoms. The molecule has 4 atom stereocenters. The number of nitrogens with one attached hydrogen (secondary N) is 2. The molecule has 2 aromatic carbocycles. The van der Waals surface area contributed by atoms with Crippen LogP contribution < -0.4 is 10.2 Å². The minimum Gasteiger partial charge on any atom is -0.507 e. The molecule has 17 heteroatoms. The van der Waals surface area contributed by atoms with Crippen LogP contribution in [0.15, 0.2) is 67.0 Å². The number of terminal acetylenes is 1. The van der Waals surface area contributed by atoms with Gasteiger partial charge in [-0.1, -0.05) is 51.0 Å². The van der Waals surface area contributed by atoms with Crippen molar-refractivity contribution in [2.45, 2.75) is 109 Å². The summed E-state index contributed by atoms with van der Waals surface area (Å²) in [6, 6.07) is 15.0. The molecule has 1 saturated carbocycles. The predicted molar refractivity (Wildman–Crippen MR) is 273 cm³/mol. The number of piperidine rings is 1. The van der Waals surface area contributed by atoms with Crippen molar-refractivity contribution in [3.63, 3.8) is 0 Å². The summed E-state index contributed by atoms with van der Waals surface area (Å²) in [6.07, 6.45) is 13.7. The van der Waals surface area contributed by atoms with E-state index in [1.165, 1.54) is 10.5 Å². The number of H-pyrrole nitrogens is 1. The number of anilines is 1. The molecule has 5 aliphatic rings. The Hall–Kier alpha value is -6.61. The van der Waals surface area contributed by atoms with Crippen LogP contribution >= 0.6 is 0 Å². The highest BCUT2D eigenvalue weighted by Crippen LogP contribution is 2.51. The Labute approximate surface area is 421 Å². The van der Waals surface area contributed by atoms with E-state index in [0.29, 0.717) is 42.3 Å². The SMILES string of the molecule is C#Cc1ccc(CNC(=O)[C@@H]2C[C@@H](O)CN2C(=O)[C@@H](N(CCOC)C(=O)N2CC3(CC(N4CCC(c5cnc(N6CCc7[nH]c8nnc(-c9ccccc9O)cc8c7[C@H]6C)nc5)CC4)C3)C2)C(C)(C)C)cc1. The van der Waals surface area contributed by atoms with E-state index >= 15 is 0 Å². The molecule has 7 heterocycles. The van der Waals surface area contributed by atoms with Gasteiger partial charge in [0.25, 0.3) is 0 Å². The third-order valence-electron chi connectivity index (χ3n) is 16.0. The number of methoxy groups -OCH3 is 1. The molecule has 1 spiro atoms. The number of β-amino-alcohol motifs (C(OH)–C–C–N with tert-alkyl or cyclic N) is 1. The highest BCUT2D eigenvalue weighted by Gasteiger charge is 2.57. The first-order chi connectivity index (χ1) is 34.6. The lowest BCUT2D eigenvalue weighted by atomic mass is 9.60. The number of ether oxygens (including phenoxy) is 1. The first-order valence-electron chi connectivity index (χ1n) is 25.5. The topological polar surface area (TPSA) is 196 Å². The van der Waals surface area contributed by atoms with Gasteiger partial charge < -0.3 is 49.8 Å². The number of aromatic amines is 1. The van der Waals surface area contributed by atoms with Gasteiger partial charge in [0.15, 0.2) is 5.65 Å². The number of aliphatic hydroxyl groups is 1. The van der Waals surface area contributed by atoms with Gasteiger partial charge in [0.1, 0.15) is 17.8 Å². The van der Waals surface area contributed by atoms with E-state index < -0.39 is 23.6 Å². The number of aliphatic hydroxyl groups excluding tert-OH is 1. The molecule has 72 heavy (non-hydrogen) atoms. The number of aromatic nitrogens is 5. The van der Waals surface area contributed by atoms with E-state index in [1.54, 1.807) is 24.1 Å². The van der Waals surface area contributed by atoms with Crippen LogP contribution in [0.4, 0.5) is 10.7 Å². The van der Waals surface area contributed by atoms with E-state index in [-0.39, 0.29) is 67.7 Å². The molecule has 4 aliphatic heterocycles. The fourth-order valence-electron chi connectivity index (χ4n) is 12.2. The third-order valence-corrected chi connectivity index (χ3v) is 16.0. The largest absolute Gasteiger partial charge is 0.507 e. The zero-order chi connectivity index (χ0) is 50.5. The molecule has 378 valence electrons. The average Bonchev–Trinajstić information content (AvgIpc) is 3.94. The number of phenolic OH excluding ortho intramolecular Hbond substituents is 1. The number of phenols is 1. The molecule has 0 radical (unpaired) electrons. The number of amides is 4. The molecule has 3 aromatic heterocycles. The van der Waals surface area contributed by atoms with Crippen molar-refractivity contribution in [3.05, 3.63) is 94.9 Å². The Bertz CT molecular complexity index is 2840. The number of hydrogen-bond donors (Lipinski definition) is 4. The number of benzene rings is 2. The Kier molecular flexibility index (Phi) is 13.5. The summed E-state index contributed by atoms with van der Waals surface area (Å²) >= 11 is 0. The lowest BCUT2D eigenvalue weighted by Gasteiger charge is -2.62. The van der Waals surface area contributed by atoms with Crippen molar-refractivity contribution < 1.29 is 29.3 Å². The van der Waals surface area contributed by atoms with Gasteiger partial charge in [-0.05, 0) is 98.5 Å². The zero-order valence-corrected chi connectivity index (χ0v) is 42.1. The molecule has 4 N–H and O–H groups in total. The van der Waals surface area contributed by atoms with Crippen LogP contribution in [0.3, 0.4) is 0 Å². The maximum Gasteiger partial charge on any atom is 0.320 e. The van der Waals surface area contributed by atoms with Crippen LogP contribution in [0.5, 0.6) is 5.75 Å². The van der Waals surface area contributed by atoms with Crippen LogP contribution in [0.2, 0.25) is 0 Å². The highest BCUT2D eigenvalue weighted by molar-refractivity contribution is 5.93. The summed E-state index contributed by atoms with van der Waals surface area (Å²) in [5.74, 6) is 3.14. The second-order valence-corrected chi connectivity index (χ2v) is 21.9. The van der Waals surface area contributed by atoms with E-state index in [4.69, 9.17) is 21.1 Å².